The maximum atomic E-state index is 12.9. The highest BCUT2D eigenvalue weighted by atomic mass is 19.1. The van der Waals surface area contributed by atoms with Crippen LogP contribution in [-0.4, -0.2) is 11.5 Å². The van der Waals surface area contributed by atoms with Gasteiger partial charge in [-0.15, -0.1) is 0 Å². The van der Waals surface area contributed by atoms with Gasteiger partial charge in [-0.1, -0.05) is 20.3 Å². The molecule has 1 aromatic heterocycles. The Morgan fingerprint density at radius 3 is 2.79 bits per heavy atom. The molecule has 0 fully saturated rings. The van der Waals surface area contributed by atoms with E-state index in [1.165, 1.54) is 6.20 Å². The second-order valence-corrected chi connectivity index (χ2v) is 3.34. The Morgan fingerprint density at radius 2 is 2.21 bits per heavy atom. The fourth-order valence-corrected chi connectivity index (χ4v) is 1.54. The van der Waals surface area contributed by atoms with Crippen LogP contribution >= 0.6 is 0 Å². The number of pyridine rings is 1. The normalized spacial score (nSPS) is 12.8. The molecule has 1 rings (SSSR count). The minimum absolute atomic E-state index is 0.230. The molecule has 0 saturated carbocycles. The summed E-state index contributed by atoms with van der Waals surface area (Å²) in [6.07, 6.45) is 5.05. The second-order valence-electron chi connectivity index (χ2n) is 3.34. The van der Waals surface area contributed by atoms with Crippen LogP contribution in [0.2, 0.25) is 0 Å². The Hall–Kier alpha value is -0.960. The first-order valence-electron chi connectivity index (χ1n) is 5.11. The summed E-state index contributed by atoms with van der Waals surface area (Å²) in [5, 5.41) is 3.32. The van der Waals surface area contributed by atoms with Crippen LogP contribution in [0, 0.1) is 5.82 Å². The van der Waals surface area contributed by atoms with Gasteiger partial charge in [0.1, 0.15) is 5.82 Å². The maximum absolute atomic E-state index is 12.9. The van der Waals surface area contributed by atoms with Crippen LogP contribution in [0.3, 0.4) is 0 Å². The predicted molar refractivity (Wildman–Crippen MR) is 55.5 cm³/mol. The standard InChI is InChI=1S/C11H17FN2/c1-3-5-11(14-4-2)9-6-10(12)8-13-7-9/h6-8,11,14H,3-5H2,1-2H3. The van der Waals surface area contributed by atoms with Crippen molar-refractivity contribution in [1.29, 1.82) is 0 Å². The van der Waals surface area contributed by atoms with Gasteiger partial charge in [0, 0.05) is 12.2 Å². The molecule has 14 heavy (non-hydrogen) atoms. The average Bonchev–Trinajstić information content (AvgIpc) is 2.17. The Bertz CT molecular complexity index is 270. The van der Waals surface area contributed by atoms with Crippen LogP contribution < -0.4 is 5.32 Å². The molecule has 1 aromatic rings. The van der Waals surface area contributed by atoms with Crippen LogP contribution in [0.4, 0.5) is 4.39 Å². The lowest BCUT2D eigenvalue weighted by Crippen LogP contribution is -2.20. The van der Waals surface area contributed by atoms with Crippen LogP contribution in [0.25, 0.3) is 0 Å². The van der Waals surface area contributed by atoms with Crippen molar-refractivity contribution in [1.82, 2.24) is 10.3 Å². The van der Waals surface area contributed by atoms with Crippen LogP contribution in [0.15, 0.2) is 18.5 Å². The number of halogens is 1. The summed E-state index contributed by atoms with van der Waals surface area (Å²) in [5.41, 5.74) is 0.939. The SMILES string of the molecule is CCCC(NCC)c1cncc(F)c1. The molecule has 0 aliphatic heterocycles. The molecular formula is C11H17FN2. The van der Waals surface area contributed by atoms with Crippen molar-refractivity contribution >= 4 is 0 Å². The smallest absolute Gasteiger partial charge is 0.141 e. The van der Waals surface area contributed by atoms with Gasteiger partial charge < -0.3 is 5.32 Å². The molecule has 0 radical (unpaired) electrons. The molecule has 0 aliphatic rings. The van der Waals surface area contributed by atoms with E-state index >= 15 is 0 Å². The summed E-state index contributed by atoms with van der Waals surface area (Å²) in [6.45, 7) is 5.06. The van der Waals surface area contributed by atoms with E-state index in [9.17, 15) is 4.39 Å². The van der Waals surface area contributed by atoms with Crippen molar-refractivity contribution in [2.24, 2.45) is 0 Å². The molecule has 1 heterocycles. The molecule has 0 aliphatic carbocycles. The van der Waals surface area contributed by atoms with E-state index < -0.39 is 0 Å². The van der Waals surface area contributed by atoms with Crippen molar-refractivity contribution in [2.75, 3.05) is 6.54 Å². The monoisotopic (exact) mass is 196 g/mol. The Kier molecular flexibility index (Phi) is 4.53. The predicted octanol–water partition coefficient (Wildman–Crippen LogP) is 2.67. The molecule has 1 unspecified atom stereocenters. The lowest BCUT2D eigenvalue weighted by atomic mass is 10.0. The van der Waals surface area contributed by atoms with E-state index in [1.807, 2.05) is 0 Å². The topological polar surface area (TPSA) is 24.9 Å². The maximum Gasteiger partial charge on any atom is 0.141 e. The number of hydrogen-bond donors (Lipinski definition) is 1. The zero-order valence-corrected chi connectivity index (χ0v) is 8.76. The Balaban J connectivity index is 2.75. The van der Waals surface area contributed by atoms with Gasteiger partial charge in [0.25, 0.3) is 0 Å². The van der Waals surface area contributed by atoms with Gasteiger partial charge in [0.05, 0.1) is 6.20 Å². The summed E-state index contributed by atoms with van der Waals surface area (Å²) >= 11 is 0. The van der Waals surface area contributed by atoms with E-state index in [1.54, 1.807) is 12.3 Å². The lowest BCUT2D eigenvalue weighted by Gasteiger charge is -2.16. The molecule has 1 atom stereocenters. The molecule has 0 spiro atoms. The van der Waals surface area contributed by atoms with E-state index in [0.717, 1.165) is 24.9 Å². The number of nitrogens with one attached hydrogen (secondary N) is 1. The number of hydrogen-bond acceptors (Lipinski definition) is 2. The average molecular weight is 196 g/mol. The van der Waals surface area contributed by atoms with Gasteiger partial charge in [-0.2, -0.15) is 0 Å². The first kappa shape index (κ1) is 11.1. The number of rotatable bonds is 5. The molecule has 0 amide bonds. The summed E-state index contributed by atoms with van der Waals surface area (Å²) in [7, 11) is 0. The molecule has 0 aromatic carbocycles. The Labute approximate surface area is 84.6 Å². The molecule has 2 nitrogen and oxygen atoms in total. The zero-order valence-electron chi connectivity index (χ0n) is 8.76. The molecular weight excluding hydrogens is 179 g/mol. The Morgan fingerprint density at radius 1 is 1.43 bits per heavy atom. The van der Waals surface area contributed by atoms with Crippen molar-refractivity contribution in [3.63, 3.8) is 0 Å². The summed E-state index contributed by atoms with van der Waals surface area (Å²) < 4.78 is 12.9. The number of nitrogens with zero attached hydrogens (tertiary/aromatic N) is 1. The lowest BCUT2D eigenvalue weighted by molar-refractivity contribution is 0.503. The molecule has 78 valence electrons. The van der Waals surface area contributed by atoms with Gasteiger partial charge in [0.2, 0.25) is 0 Å². The quantitative estimate of drug-likeness (QED) is 0.783. The van der Waals surface area contributed by atoms with Crippen molar-refractivity contribution in [3.8, 4) is 0 Å². The first-order valence-corrected chi connectivity index (χ1v) is 5.11. The van der Waals surface area contributed by atoms with Gasteiger partial charge >= 0.3 is 0 Å². The summed E-state index contributed by atoms with van der Waals surface area (Å²) in [5.74, 6) is -0.262. The molecule has 0 bridgehead atoms. The van der Waals surface area contributed by atoms with Crippen molar-refractivity contribution < 1.29 is 4.39 Å². The van der Waals surface area contributed by atoms with Crippen LogP contribution in [-0.2, 0) is 0 Å². The summed E-state index contributed by atoms with van der Waals surface area (Å²) in [6, 6.07) is 1.78. The van der Waals surface area contributed by atoms with Crippen molar-refractivity contribution in [2.45, 2.75) is 32.7 Å². The highest BCUT2D eigenvalue weighted by Crippen LogP contribution is 2.17. The van der Waals surface area contributed by atoms with E-state index in [0.29, 0.717) is 0 Å². The van der Waals surface area contributed by atoms with E-state index in [2.05, 4.69) is 24.1 Å². The van der Waals surface area contributed by atoms with E-state index in [4.69, 9.17) is 0 Å². The highest BCUT2D eigenvalue weighted by molar-refractivity contribution is 5.14. The van der Waals surface area contributed by atoms with Gasteiger partial charge in [0.15, 0.2) is 0 Å². The van der Waals surface area contributed by atoms with Gasteiger partial charge in [-0.25, -0.2) is 4.39 Å². The zero-order chi connectivity index (χ0) is 10.4. The third kappa shape index (κ3) is 3.07. The molecule has 1 N–H and O–H groups in total. The van der Waals surface area contributed by atoms with Gasteiger partial charge in [-0.3, -0.25) is 4.98 Å². The van der Waals surface area contributed by atoms with Crippen LogP contribution in [0.1, 0.15) is 38.3 Å². The fourth-order valence-electron chi connectivity index (χ4n) is 1.54. The van der Waals surface area contributed by atoms with Crippen molar-refractivity contribution in [3.05, 3.63) is 29.8 Å². The molecule has 0 saturated heterocycles. The fraction of sp³-hybridized carbons (Fsp3) is 0.545. The first-order chi connectivity index (χ1) is 6.77. The largest absolute Gasteiger partial charge is 0.310 e. The van der Waals surface area contributed by atoms with E-state index in [-0.39, 0.29) is 11.9 Å². The number of aromatic nitrogens is 1. The molecule has 3 heteroatoms. The minimum Gasteiger partial charge on any atom is -0.310 e. The minimum atomic E-state index is -0.262. The third-order valence-corrected chi connectivity index (χ3v) is 2.16. The van der Waals surface area contributed by atoms with Gasteiger partial charge in [-0.05, 0) is 24.6 Å². The summed E-state index contributed by atoms with van der Waals surface area (Å²) in [4.78, 5) is 3.85. The highest BCUT2D eigenvalue weighted by Gasteiger charge is 2.09. The third-order valence-electron chi connectivity index (χ3n) is 2.16. The second kappa shape index (κ2) is 5.70. The van der Waals surface area contributed by atoms with Crippen LogP contribution in [0.5, 0.6) is 0 Å².